The van der Waals surface area contributed by atoms with E-state index in [1.807, 2.05) is 6.07 Å². The summed E-state index contributed by atoms with van der Waals surface area (Å²) in [5.41, 5.74) is 1.34. The van der Waals surface area contributed by atoms with E-state index in [0.29, 0.717) is 5.92 Å². The quantitative estimate of drug-likeness (QED) is 0.489. The Morgan fingerprint density at radius 1 is 1.10 bits per heavy atom. The van der Waals surface area contributed by atoms with Crippen LogP contribution in [0.5, 0.6) is 5.88 Å². The Kier molecular flexibility index (Phi) is 13.4. The zero-order valence-electron chi connectivity index (χ0n) is 21.7. The molecule has 0 bridgehead atoms. The molecule has 224 valence electrons. The number of ether oxygens (including phenoxy) is 3. The number of pyridine rings is 1. The van der Waals surface area contributed by atoms with Gasteiger partial charge in [-0.3, -0.25) is 4.90 Å². The number of carboxylic acid groups (broad SMARTS) is 2. The Morgan fingerprint density at radius 3 is 2.18 bits per heavy atom. The molecule has 2 aliphatic heterocycles. The minimum absolute atomic E-state index is 0.194. The van der Waals surface area contributed by atoms with Gasteiger partial charge in [0.15, 0.2) is 0 Å². The molecule has 0 saturated carbocycles. The monoisotopic (exact) mass is 577 g/mol. The van der Waals surface area contributed by atoms with Crippen molar-refractivity contribution in [3.63, 3.8) is 0 Å². The molecule has 16 heteroatoms. The zero-order valence-corrected chi connectivity index (χ0v) is 21.7. The second-order valence-corrected chi connectivity index (χ2v) is 9.03. The highest BCUT2D eigenvalue weighted by atomic mass is 19.4. The number of halogens is 6. The van der Waals surface area contributed by atoms with Crippen LogP contribution in [-0.2, 0) is 25.6 Å². The third-order valence-corrected chi connectivity index (χ3v) is 6.13. The fraction of sp³-hybridized carbons (Fsp3) is 0.696. The minimum Gasteiger partial charge on any atom is -0.481 e. The van der Waals surface area contributed by atoms with Crippen molar-refractivity contribution in [2.24, 2.45) is 11.3 Å². The topological polar surface area (TPSA) is 122 Å². The van der Waals surface area contributed by atoms with Crippen molar-refractivity contribution in [1.82, 2.24) is 14.8 Å². The molecule has 0 radical (unpaired) electrons. The maximum atomic E-state index is 10.6. The Bertz CT molecular complexity index is 895. The van der Waals surface area contributed by atoms with Crippen LogP contribution in [0.25, 0.3) is 0 Å². The first-order valence-corrected chi connectivity index (χ1v) is 11.6. The molecule has 39 heavy (non-hydrogen) atoms. The van der Waals surface area contributed by atoms with Crippen LogP contribution in [0.2, 0.25) is 0 Å². The van der Waals surface area contributed by atoms with Gasteiger partial charge in [-0.05, 0) is 12.0 Å². The molecule has 1 spiro atoms. The lowest BCUT2D eigenvalue weighted by Gasteiger charge is -2.35. The smallest absolute Gasteiger partial charge is 0.481 e. The number of methoxy groups -OCH3 is 2. The summed E-state index contributed by atoms with van der Waals surface area (Å²) in [4.78, 5) is 27.1. The van der Waals surface area contributed by atoms with Crippen LogP contribution < -0.4 is 4.74 Å². The van der Waals surface area contributed by atoms with Crippen molar-refractivity contribution in [3.05, 3.63) is 23.9 Å². The molecule has 2 fully saturated rings. The maximum Gasteiger partial charge on any atom is 0.490 e. The SMILES string of the molecule is COCCN1C[C@@H](C)[C@@]2(COCCN(Cc3cccnc3OC)C2)C1.O=C(O)C(F)(F)F.O=C(O)C(F)(F)F. The highest BCUT2D eigenvalue weighted by Crippen LogP contribution is 2.38. The molecule has 0 amide bonds. The fourth-order valence-electron chi connectivity index (χ4n) is 4.17. The molecular formula is C23H33F6N3O7. The Balaban J connectivity index is 0.000000449. The molecule has 1 aromatic heterocycles. The number of aliphatic carboxylic acids is 2. The number of carbonyl (C=O) groups is 2. The summed E-state index contributed by atoms with van der Waals surface area (Å²) in [5, 5.41) is 14.2. The van der Waals surface area contributed by atoms with Gasteiger partial charge in [-0.1, -0.05) is 13.0 Å². The number of nitrogens with zero attached hydrogens (tertiary/aromatic N) is 3. The summed E-state index contributed by atoms with van der Waals surface area (Å²) in [7, 11) is 3.46. The number of rotatable bonds is 6. The van der Waals surface area contributed by atoms with E-state index in [2.05, 4.69) is 27.8 Å². The van der Waals surface area contributed by atoms with E-state index in [1.54, 1.807) is 20.4 Å². The van der Waals surface area contributed by atoms with Crippen LogP contribution in [0.1, 0.15) is 12.5 Å². The zero-order chi connectivity index (χ0) is 29.9. The van der Waals surface area contributed by atoms with Crippen LogP contribution in [-0.4, -0.2) is 116 Å². The molecule has 3 rings (SSSR count). The predicted molar refractivity (Wildman–Crippen MR) is 124 cm³/mol. The van der Waals surface area contributed by atoms with Crippen LogP contribution in [0.3, 0.4) is 0 Å². The Labute approximate surface area is 221 Å². The number of aromatic nitrogens is 1. The molecule has 1 aromatic rings. The third kappa shape index (κ3) is 11.5. The van der Waals surface area contributed by atoms with Crippen molar-refractivity contribution >= 4 is 11.9 Å². The van der Waals surface area contributed by atoms with Crippen molar-refractivity contribution in [2.45, 2.75) is 25.8 Å². The number of hydrogen-bond donors (Lipinski definition) is 2. The molecule has 2 saturated heterocycles. The molecule has 3 heterocycles. The number of carboxylic acids is 2. The third-order valence-electron chi connectivity index (χ3n) is 6.13. The van der Waals surface area contributed by atoms with E-state index in [4.69, 9.17) is 34.0 Å². The normalized spacial score (nSPS) is 22.2. The van der Waals surface area contributed by atoms with Crippen molar-refractivity contribution in [3.8, 4) is 5.88 Å². The lowest BCUT2D eigenvalue weighted by atomic mass is 9.79. The molecule has 10 nitrogen and oxygen atoms in total. The largest absolute Gasteiger partial charge is 0.490 e. The van der Waals surface area contributed by atoms with E-state index in [-0.39, 0.29) is 5.41 Å². The molecule has 2 atom stereocenters. The summed E-state index contributed by atoms with van der Waals surface area (Å²) < 4.78 is 80.2. The first-order chi connectivity index (χ1) is 18.1. The Hall–Kier alpha value is -2.69. The lowest BCUT2D eigenvalue weighted by molar-refractivity contribution is -0.193. The van der Waals surface area contributed by atoms with Gasteiger partial charge in [-0.2, -0.15) is 26.3 Å². The molecule has 2 N–H and O–H groups in total. The van der Waals surface area contributed by atoms with Gasteiger partial charge in [-0.25, -0.2) is 14.6 Å². The number of alkyl halides is 6. The van der Waals surface area contributed by atoms with Crippen LogP contribution in [0, 0.1) is 11.3 Å². The van der Waals surface area contributed by atoms with Gasteiger partial charge in [0.1, 0.15) is 0 Å². The average molecular weight is 578 g/mol. The number of hydrogen-bond acceptors (Lipinski definition) is 8. The summed E-state index contributed by atoms with van der Waals surface area (Å²) in [6.07, 6.45) is -8.39. The highest BCUT2D eigenvalue weighted by Gasteiger charge is 2.46. The lowest BCUT2D eigenvalue weighted by Crippen LogP contribution is -2.43. The first-order valence-electron chi connectivity index (χ1n) is 11.6. The molecule has 0 aliphatic carbocycles. The molecular weight excluding hydrogens is 544 g/mol. The first kappa shape index (κ1) is 34.3. The maximum absolute atomic E-state index is 10.6. The summed E-state index contributed by atoms with van der Waals surface area (Å²) >= 11 is 0. The van der Waals surface area contributed by atoms with E-state index >= 15 is 0 Å². The van der Waals surface area contributed by atoms with Gasteiger partial charge < -0.3 is 29.3 Å². The van der Waals surface area contributed by atoms with Gasteiger partial charge >= 0.3 is 24.3 Å². The fourth-order valence-corrected chi connectivity index (χ4v) is 4.17. The van der Waals surface area contributed by atoms with Crippen LogP contribution in [0.15, 0.2) is 18.3 Å². The Morgan fingerprint density at radius 2 is 1.67 bits per heavy atom. The minimum atomic E-state index is -5.08. The van der Waals surface area contributed by atoms with E-state index in [1.165, 1.54) is 0 Å². The van der Waals surface area contributed by atoms with Gasteiger partial charge in [0.2, 0.25) is 5.88 Å². The van der Waals surface area contributed by atoms with Gasteiger partial charge in [0, 0.05) is 63.6 Å². The molecule has 0 unspecified atom stereocenters. The van der Waals surface area contributed by atoms with Gasteiger partial charge in [0.05, 0.1) is 26.9 Å². The summed E-state index contributed by atoms with van der Waals surface area (Å²) in [6.45, 7) is 10.8. The number of likely N-dealkylation sites (tertiary alicyclic amines) is 1. The van der Waals surface area contributed by atoms with Crippen LogP contribution >= 0.6 is 0 Å². The van der Waals surface area contributed by atoms with Crippen molar-refractivity contribution in [1.29, 1.82) is 0 Å². The van der Waals surface area contributed by atoms with E-state index < -0.39 is 24.3 Å². The van der Waals surface area contributed by atoms with E-state index in [0.717, 1.165) is 70.5 Å². The van der Waals surface area contributed by atoms with Crippen molar-refractivity contribution in [2.75, 3.05) is 66.8 Å². The molecule has 0 aromatic carbocycles. The van der Waals surface area contributed by atoms with E-state index in [9.17, 15) is 26.3 Å². The predicted octanol–water partition coefficient (Wildman–Crippen LogP) is 2.77. The standard InChI is InChI=1S/C19H31N3O3.2C2HF3O2/c1-16-11-21(7-9-23-2)13-19(16)14-22(8-10-25-15-19)12-17-5-4-6-20-18(17)24-3;2*3-2(4,5)1(6)7/h4-6,16H,7-15H2,1-3H3;2*(H,6,7)/t16-,19+;;/m1../s1. The average Bonchev–Trinajstić information content (AvgIpc) is 3.00. The second kappa shape index (κ2) is 15.2. The van der Waals surface area contributed by atoms with Gasteiger partial charge in [-0.15, -0.1) is 0 Å². The van der Waals surface area contributed by atoms with Crippen LogP contribution in [0.4, 0.5) is 26.3 Å². The molecule has 2 aliphatic rings. The summed E-state index contributed by atoms with van der Waals surface area (Å²) in [6, 6.07) is 4.08. The van der Waals surface area contributed by atoms with Gasteiger partial charge in [0.25, 0.3) is 0 Å². The second-order valence-electron chi connectivity index (χ2n) is 9.03. The summed E-state index contributed by atoms with van der Waals surface area (Å²) in [5.74, 6) is -4.18. The highest BCUT2D eigenvalue weighted by molar-refractivity contribution is 5.73. The van der Waals surface area contributed by atoms with Crippen molar-refractivity contribution < 1.29 is 60.4 Å².